The first-order chi connectivity index (χ1) is 7.63. The van der Waals surface area contributed by atoms with Crippen molar-refractivity contribution >= 4 is 5.97 Å². The van der Waals surface area contributed by atoms with Gasteiger partial charge in [0.05, 0.1) is 13.5 Å². The summed E-state index contributed by atoms with van der Waals surface area (Å²) in [6.07, 6.45) is 0.222. The number of esters is 1. The number of hydrogen-bond acceptors (Lipinski definition) is 3. The summed E-state index contributed by atoms with van der Waals surface area (Å²) < 4.78 is 4.55. The molecule has 3 nitrogen and oxygen atoms in total. The van der Waals surface area contributed by atoms with Gasteiger partial charge in [-0.25, -0.2) is 0 Å². The van der Waals surface area contributed by atoms with Crippen LogP contribution in [0.15, 0.2) is 24.3 Å². The molecule has 0 spiro atoms. The smallest absolute Gasteiger partial charge is 0.307 e. The summed E-state index contributed by atoms with van der Waals surface area (Å²) in [5, 5.41) is 0. The zero-order valence-electron chi connectivity index (χ0n) is 10.5. The lowest BCUT2D eigenvalue weighted by Crippen LogP contribution is -2.16. The second-order valence-corrected chi connectivity index (χ2v) is 3.30. The Labute approximate surface area is 97.6 Å². The highest BCUT2D eigenvalue weighted by atomic mass is 16.5. The molecule has 0 heterocycles. The fraction of sp³-hybridized carbons (Fsp3) is 0.462. The summed E-state index contributed by atoms with van der Waals surface area (Å²) in [6.45, 7) is 5.99. The summed E-state index contributed by atoms with van der Waals surface area (Å²) in [5.74, 6) is -0.279. The normalized spacial score (nSPS) is 11.1. The Balaban J connectivity index is 0.00000106. The first kappa shape index (κ1) is 14.6. The van der Waals surface area contributed by atoms with Crippen LogP contribution < -0.4 is 5.73 Å². The van der Waals surface area contributed by atoms with E-state index >= 15 is 0 Å². The van der Waals surface area contributed by atoms with Crippen molar-refractivity contribution in [1.82, 2.24) is 0 Å². The fourth-order valence-electron chi connectivity index (χ4n) is 1.28. The number of rotatable bonds is 3. The second kappa shape index (κ2) is 7.88. The average Bonchev–Trinajstić information content (AvgIpc) is 2.31. The molecule has 1 aromatic rings. The molecule has 16 heavy (non-hydrogen) atoms. The lowest BCUT2D eigenvalue weighted by Gasteiger charge is -2.10. The Morgan fingerprint density at radius 3 is 2.56 bits per heavy atom. The highest BCUT2D eigenvalue weighted by Gasteiger charge is 2.11. The molecule has 0 aliphatic heterocycles. The molecular weight excluding hydrogens is 202 g/mol. The highest BCUT2D eigenvalue weighted by molar-refractivity contribution is 5.70. The van der Waals surface area contributed by atoms with E-state index in [0.29, 0.717) is 0 Å². The lowest BCUT2D eigenvalue weighted by atomic mass is 10.0. The number of carbonyl (C=O) groups excluding carboxylic acids is 1. The topological polar surface area (TPSA) is 52.3 Å². The molecule has 0 bridgehead atoms. The third-order valence-corrected chi connectivity index (χ3v) is 2.08. The maximum absolute atomic E-state index is 11.0. The van der Waals surface area contributed by atoms with Crippen LogP contribution in [0.1, 0.15) is 37.4 Å². The van der Waals surface area contributed by atoms with Gasteiger partial charge in [-0.1, -0.05) is 43.7 Å². The Hall–Kier alpha value is -1.35. The Morgan fingerprint density at radius 2 is 2.06 bits per heavy atom. The number of ether oxygens (including phenoxy) is 1. The predicted molar refractivity (Wildman–Crippen MR) is 66.1 cm³/mol. The summed E-state index contributed by atoms with van der Waals surface area (Å²) >= 11 is 0. The molecule has 0 aliphatic rings. The molecular formula is C13H21NO2. The van der Waals surface area contributed by atoms with Crippen molar-refractivity contribution in [3.63, 3.8) is 0 Å². The van der Waals surface area contributed by atoms with E-state index in [2.05, 4.69) is 4.74 Å². The zero-order chi connectivity index (χ0) is 12.6. The Kier molecular flexibility index (Phi) is 7.21. The van der Waals surface area contributed by atoms with Gasteiger partial charge in [-0.15, -0.1) is 0 Å². The van der Waals surface area contributed by atoms with Crippen molar-refractivity contribution in [2.45, 2.75) is 33.2 Å². The van der Waals surface area contributed by atoms with E-state index in [1.807, 2.05) is 45.0 Å². The van der Waals surface area contributed by atoms with Crippen LogP contribution in [-0.4, -0.2) is 13.1 Å². The summed E-state index contributed by atoms with van der Waals surface area (Å²) in [6, 6.07) is 7.55. The lowest BCUT2D eigenvalue weighted by molar-refractivity contribution is -0.141. The van der Waals surface area contributed by atoms with Crippen LogP contribution in [0.3, 0.4) is 0 Å². The van der Waals surface area contributed by atoms with Crippen molar-refractivity contribution in [2.24, 2.45) is 5.73 Å². The average molecular weight is 223 g/mol. The van der Waals surface area contributed by atoms with Crippen molar-refractivity contribution in [3.8, 4) is 0 Å². The number of carbonyl (C=O) groups is 1. The van der Waals surface area contributed by atoms with E-state index < -0.39 is 0 Å². The third kappa shape index (κ3) is 4.94. The quantitative estimate of drug-likeness (QED) is 0.801. The van der Waals surface area contributed by atoms with Gasteiger partial charge in [-0.05, 0) is 12.5 Å². The predicted octanol–water partition coefficient (Wildman–Crippen LogP) is 2.58. The fourth-order valence-corrected chi connectivity index (χ4v) is 1.28. The number of hydrogen-bond donors (Lipinski definition) is 1. The van der Waals surface area contributed by atoms with Crippen molar-refractivity contribution in [1.29, 1.82) is 0 Å². The Morgan fingerprint density at radius 1 is 1.44 bits per heavy atom. The minimum atomic E-state index is -0.279. The maximum atomic E-state index is 11.0. The summed E-state index contributed by atoms with van der Waals surface area (Å²) in [5.41, 5.74) is 7.95. The molecule has 3 heteroatoms. The van der Waals surface area contributed by atoms with Gasteiger partial charge in [-0.2, -0.15) is 0 Å². The number of nitrogens with two attached hydrogens (primary N) is 1. The standard InChI is InChI=1S/C11H15NO2.C2H6/c1-8-4-3-5-9(6-8)10(12)7-11(13)14-2;1-2/h3-6,10H,7,12H2,1-2H3;1-2H3. The molecule has 0 aromatic heterocycles. The Bertz CT molecular complexity index is 323. The molecule has 2 N–H and O–H groups in total. The molecule has 0 saturated carbocycles. The molecule has 1 rings (SSSR count). The van der Waals surface area contributed by atoms with Crippen LogP contribution in [0, 0.1) is 6.92 Å². The molecule has 0 fully saturated rings. The molecule has 0 amide bonds. The van der Waals surface area contributed by atoms with Gasteiger partial charge < -0.3 is 10.5 Å². The number of methoxy groups -OCH3 is 1. The van der Waals surface area contributed by atoms with Crippen LogP contribution in [0.5, 0.6) is 0 Å². The van der Waals surface area contributed by atoms with E-state index in [1.165, 1.54) is 7.11 Å². The minimum Gasteiger partial charge on any atom is -0.469 e. The number of aryl methyl sites for hydroxylation is 1. The van der Waals surface area contributed by atoms with E-state index in [-0.39, 0.29) is 18.4 Å². The molecule has 1 aromatic carbocycles. The molecule has 0 saturated heterocycles. The monoisotopic (exact) mass is 223 g/mol. The van der Waals surface area contributed by atoms with Gasteiger partial charge in [0.1, 0.15) is 0 Å². The van der Waals surface area contributed by atoms with Crippen LogP contribution >= 0.6 is 0 Å². The van der Waals surface area contributed by atoms with Crippen molar-refractivity contribution in [2.75, 3.05) is 7.11 Å². The van der Waals surface area contributed by atoms with Crippen molar-refractivity contribution in [3.05, 3.63) is 35.4 Å². The van der Waals surface area contributed by atoms with E-state index in [4.69, 9.17) is 5.73 Å². The van der Waals surface area contributed by atoms with E-state index in [9.17, 15) is 4.79 Å². The van der Waals surface area contributed by atoms with Gasteiger partial charge in [0, 0.05) is 6.04 Å². The van der Waals surface area contributed by atoms with Gasteiger partial charge >= 0.3 is 5.97 Å². The van der Waals surface area contributed by atoms with Crippen LogP contribution in [0.2, 0.25) is 0 Å². The van der Waals surface area contributed by atoms with Crippen LogP contribution in [0.25, 0.3) is 0 Å². The number of benzene rings is 1. The van der Waals surface area contributed by atoms with Gasteiger partial charge in [0.15, 0.2) is 0 Å². The molecule has 0 aliphatic carbocycles. The van der Waals surface area contributed by atoms with Crippen molar-refractivity contribution < 1.29 is 9.53 Å². The van der Waals surface area contributed by atoms with E-state index in [0.717, 1.165) is 11.1 Å². The maximum Gasteiger partial charge on any atom is 0.307 e. The summed E-state index contributed by atoms with van der Waals surface area (Å²) in [7, 11) is 1.37. The third-order valence-electron chi connectivity index (χ3n) is 2.08. The second-order valence-electron chi connectivity index (χ2n) is 3.30. The summed E-state index contributed by atoms with van der Waals surface area (Å²) in [4.78, 5) is 11.0. The van der Waals surface area contributed by atoms with Gasteiger partial charge in [0.2, 0.25) is 0 Å². The van der Waals surface area contributed by atoms with E-state index in [1.54, 1.807) is 0 Å². The molecule has 90 valence electrons. The molecule has 1 unspecified atom stereocenters. The van der Waals surface area contributed by atoms with Crippen LogP contribution in [0.4, 0.5) is 0 Å². The minimum absolute atomic E-state index is 0.222. The zero-order valence-corrected chi connectivity index (χ0v) is 10.5. The first-order valence-electron chi connectivity index (χ1n) is 5.52. The molecule has 1 atom stereocenters. The van der Waals surface area contributed by atoms with Gasteiger partial charge in [-0.3, -0.25) is 4.79 Å². The van der Waals surface area contributed by atoms with Gasteiger partial charge in [0.25, 0.3) is 0 Å². The first-order valence-corrected chi connectivity index (χ1v) is 5.52. The SMILES string of the molecule is CC.COC(=O)CC(N)c1cccc(C)c1. The highest BCUT2D eigenvalue weighted by Crippen LogP contribution is 2.15. The van der Waals surface area contributed by atoms with Crippen LogP contribution in [-0.2, 0) is 9.53 Å². The largest absolute Gasteiger partial charge is 0.469 e. The molecule has 0 radical (unpaired) electrons.